The van der Waals surface area contributed by atoms with Crippen molar-refractivity contribution in [3.8, 4) is 0 Å². The highest BCUT2D eigenvalue weighted by molar-refractivity contribution is 5.86. The van der Waals surface area contributed by atoms with Crippen molar-refractivity contribution in [3.63, 3.8) is 0 Å². The highest BCUT2D eigenvalue weighted by Crippen LogP contribution is 1.94. The summed E-state index contributed by atoms with van der Waals surface area (Å²) >= 11 is 0. The second kappa shape index (κ2) is 4.87. The molecule has 0 aromatic carbocycles. The lowest BCUT2D eigenvalue weighted by molar-refractivity contribution is -0.122. The molecule has 0 spiro atoms. The fourth-order valence-electron chi connectivity index (χ4n) is 0.524. The number of carbonyl (C=O) groups is 1. The van der Waals surface area contributed by atoms with Crippen LogP contribution >= 0.6 is 0 Å². The van der Waals surface area contributed by atoms with Crippen molar-refractivity contribution in [1.29, 1.82) is 0 Å². The van der Waals surface area contributed by atoms with Gasteiger partial charge in [-0.3, -0.25) is 4.79 Å². The SMILES string of the molecule is C=CC(=O)NC(O)C(O)CC. The third-order valence-electron chi connectivity index (χ3n) is 1.26. The van der Waals surface area contributed by atoms with E-state index >= 15 is 0 Å². The lowest BCUT2D eigenvalue weighted by Crippen LogP contribution is -2.42. The minimum absolute atomic E-state index is 0.387. The molecule has 0 aliphatic rings. The highest BCUT2D eigenvalue weighted by atomic mass is 16.3. The van der Waals surface area contributed by atoms with Gasteiger partial charge in [-0.15, -0.1) is 0 Å². The second-order valence-electron chi connectivity index (χ2n) is 2.13. The van der Waals surface area contributed by atoms with Crippen LogP contribution in [-0.4, -0.2) is 28.5 Å². The van der Waals surface area contributed by atoms with Gasteiger partial charge in [0.1, 0.15) is 0 Å². The normalized spacial score (nSPS) is 15.2. The first-order valence-electron chi connectivity index (χ1n) is 3.40. The molecule has 2 unspecified atom stereocenters. The summed E-state index contributed by atoms with van der Waals surface area (Å²) in [5, 5.41) is 20.1. The molecule has 4 heteroatoms. The second-order valence-corrected chi connectivity index (χ2v) is 2.13. The molecule has 0 aliphatic carbocycles. The molecule has 64 valence electrons. The van der Waals surface area contributed by atoms with E-state index in [9.17, 15) is 4.79 Å². The van der Waals surface area contributed by atoms with Gasteiger partial charge in [0.05, 0.1) is 6.10 Å². The Bertz CT molecular complexity index is 147. The Labute approximate surface area is 65.5 Å². The van der Waals surface area contributed by atoms with Gasteiger partial charge in [-0.1, -0.05) is 13.5 Å². The van der Waals surface area contributed by atoms with E-state index in [4.69, 9.17) is 10.2 Å². The Morgan fingerprint density at radius 1 is 1.73 bits per heavy atom. The van der Waals surface area contributed by atoms with Crippen molar-refractivity contribution in [2.75, 3.05) is 0 Å². The molecule has 11 heavy (non-hydrogen) atoms. The number of amides is 1. The van der Waals surface area contributed by atoms with E-state index in [0.29, 0.717) is 6.42 Å². The van der Waals surface area contributed by atoms with Crippen LogP contribution in [0, 0.1) is 0 Å². The van der Waals surface area contributed by atoms with Gasteiger partial charge in [0.15, 0.2) is 6.23 Å². The quantitative estimate of drug-likeness (QED) is 0.378. The first kappa shape index (κ1) is 10.1. The third-order valence-corrected chi connectivity index (χ3v) is 1.26. The Balaban J connectivity index is 3.76. The van der Waals surface area contributed by atoms with Gasteiger partial charge < -0.3 is 15.5 Å². The molecule has 0 bridgehead atoms. The average Bonchev–Trinajstić information content (AvgIpc) is 2.02. The van der Waals surface area contributed by atoms with Crippen LogP contribution in [0.4, 0.5) is 0 Å². The summed E-state index contributed by atoms with van der Waals surface area (Å²) in [6.45, 7) is 4.90. The predicted molar refractivity (Wildman–Crippen MR) is 40.6 cm³/mol. The van der Waals surface area contributed by atoms with Crippen LogP contribution in [0.3, 0.4) is 0 Å². The summed E-state index contributed by atoms with van der Waals surface area (Å²) in [6, 6.07) is 0. The minimum atomic E-state index is -1.20. The van der Waals surface area contributed by atoms with Crippen LogP contribution in [0.5, 0.6) is 0 Å². The van der Waals surface area contributed by atoms with Crippen molar-refractivity contribution in [1.82, 2.24) is 5.32 Å². The van der Waals surface area contributed by atoms with Gasteiger partial charge in [0.25, 0.3) is 0 Å². The number of aliphatic hydroxyl groups excluding tert-OH is 2. The molecule has 4 nitrogen and oxygen atoms in total. The summed E-state index contributed by atoms with van der Waals surface area (Å²) in [4.78, 5) is 10.5. The van der Waals surface area contributed by atoms with E-state index in [1.807, 2.05) is 0 Å². The molecule has 0 radical (unpaired) electrons. The molecule has 2 atom stereocenters. The Morgan fingerprint density at radius 2 is 2.27 bits per heavy atom. The molecule has 0 fully saturated rings. The minimum Gasteiger partial charge on any atom is -0.388 e. The van der Waals surface area contributed by atoms with Gasteiger partial charge >= 0.3 is 0 Å². The maximum absolute atomic E-state index is 10.5. The van der Waals surface area contributed by atoms with Gasteiger partial charge in [-0.25, -0.2) is 0 Å². The van der Waals surface area contributed by atoms with E-state index in [2.05, 4.69) is 11.9 Å². The molecule has 1 amide bonds. The van der Waals surface area contributed by atoms with E-state index in [0.717, 1.165) is 6.08 Å². The van der Waals surface area contributed by atoms with Crippen LogP contribution < -0.4 is 5.32 Å². The topological polar surface area (TPSA) is 69.6 Å². The number of nitrogens with one attached hydrogen (secondary N) is 1. The van der Waals surface area contributed by atoms with Crippen molar-refractivity contribution in [2.24, 2.45) is 0 Å². The van der Waals surface area contributed by atoms with Crippen molar-refractivity contribution >= 4 is 5.91 Å². The van der Waals surface area contributed by atoms with E-state index in [1.165, 1.54) is 0 Å². The fraction of sp³-hybridized carbons (Fsp3) is 0.571. The Hall–Kier alpha value is -0.870. The van der Waals surface area contributed by atoms with Crippen LogP contribution in [-0.2, 0) is 4.79 Å². The lowest BCUT2D eigenvalue weighted by atomic mass is 10.2. The summed E-state index contributed by atoms with van der Waals surface area (Å²) in [5.41, 5.74) is 0. The number of rotatable bonds is 4. The maximum atomic E-state index is 10.5. The van der Waals surface area contributed by atoms with Gasteiger partial charge in [-0.2, -0.15) is 0 Å². The van der Waals surface area contributed by atoms with Gasteiger partial charge in [0, 0.05) is 0 Å². The largest absolute Gasteiger partial charge is 0.388 e. The maximum Gasteiger partial charge on any atom is 0.245 e. The Kier molecular flexibility index (Phi) is 4.49. The van der Waals surface area contributed by atoms with Crippen LogP contribution in [0.1, 0.15) is 13.3 Å². The highest BCUT2D eigenvalue weighted by Gasteiger charge is 2.14. The van der Waals surface area contributed by atoms with Crippen molar-refractivity contribution in [3.05, 3.63) is 12.7 Å². The standard InChI is InChI=1S/C7H13NO3/c1-3-5(9)7(11)8-6(10)4-2/h4-5,7,9,11H,2-3H2,1H3,(H,8,10). The number of hydrogen-bond acceptors (Lipinski definition) is 3. The van der Waals surface area contributed by atoms with Crippen molar-refractivity contribution < 1.29 is 15.0 Å². The van der Waals surface area contributed by atoms with E-state index in [1.54, 1.807) is 6.92 Å². The fourth-order valence-corrected chi connectivity index (χ4v) is 0.524. The molecule has 0 aromatic rings. The molecule has 0 aromatic heterocycles. The zero-order valence-corrected chi connectivity index (χ0v) is 6.45. The summed E-state index contributed by atoms with van der Waals surface area (Å²) < 4.78 is 0. The van der Waals surface area contributed by atoms with Crippen molar-refractivity contribution in [2.45, 2.75) is 25.7 Å². The van der Waals surface area contributed by atoms with Gasteiger partial charge in [0.2, 0.25) is 5.91 Å². The van der Waals surface area contributed by atoms with E-state index in [-0.39, 0.29) is 0 Å². The summed E-state index contributed by atoms with van der Waals surface area (Å²) in [7, 11) is 0. The summed E-state index contributed by atoms with van der Waals surface area (Å²) in [5.74, 6) is -0.495. The molecular formula is C7H13NO3. The lowest BCUT2D eigenvalue weighted by Gasteiger charge is -2.16. The Morgan fingerprint density at radius 3 is 2.64 bits per heavy atom. The van der Waals surface area contributed by atoms with Crippen LogP contribution in [0.25, 0.3) is 0 Å². The predicted octanol–water partition coefficient (Wildman–Crippen LogP) is -0.622. The smallest absolute Gasteiger partial charge is 0.245 e. The molecule has 0 saturated heterocycles. The number of aliphatic hydroxyl groups is 2. The molecular weight excluding hydrogens is 146 g/mol. The monoisotopic (exact) mass is 159 g/mol. The molecule has 0 aliphatic heterocycles. The molecule has 0 rings (SSSR count). The number of hydrogen-bond donors (Lipinski definition) is 3. The first-order chi connectivity index (χ1) is 5.11. The third kappa shape index (κ3) is 3.75. The summed E-state index contributed by atoms with van der Waals surface area (Å²) in [6.07, 6.45) is -0.700. The van der Waals surface area contributed by atoms with Crippen LogP contribution in [0.15, 0.2) is 12.7 Å². The average molecular weight is 159 g/mol. The zero-order chi connectivity index (χ0) is 8.85. The van der Waals surface area contributed by atoms with E-state index < -0.39 is 18.2 Å². The molecule has 0 saturated carbocycles. The molecule has 0 heterocycles. The molecule has 3 N–H and O–H groups in total. The van der Waals surface area contributed by atoms with Gasteiger partial charge in [-0.05, 0) is 12.5 Å². The van der Waals surface area contributed by atoms with Crippen LogP contribution in [0.2, 0.25) is 0 Å². The first-order valence-corrected chi connectivity index (χ1v) is 3.40. The number of carbonyl (C=O) groups excluding carboxylic acids is 1. The zero-order valence-electron chi connectivity index (χ0n) is 6.45.